The number of carbonyl (C=O) groups is 3. The Kier molecular flexibility index (Phi) is 7.48. The number of hydrogen-bond donors (Lipinski definition) is 3. The molecule has 0 saturated carbocycles. The third-order valence-corrected chi connectivity index (χ3v) is 3.47. The summed E-state index contributed by atoms with van der Waals surface area (Å²) in [5.41, 5.74) is 0.622. The molecule has 0 aliphatic rings. The van der Waals surface area contributed by atoms with Crippen molar-refractivity contribution in [2.45, 2.75) is 25.4 Å². The zero-order valence-electron chi connectivity index (χ0n) is 13.9. The smallest absolute Gasteiger partial charge is 0.405 e. The maximum absolute atomic E-state index is 12.6. The van der Waals surface area contributed by atoms with Crippen molar-refractivity contribution in [1.82, 2.24) is 15.5 Å². The quantitative estimate of drug-likeness (QED) is 0.628. The van der Waals surface area contributed by atoms with Crippen molar-refractivity contribution in [3.8, 4) is 0 Å². The van der Waals surface area contributed by atoms with Crippen LogP contribution in [0, 0.1) is 0 Å². The van der Waals surface area contributed by atoms with E-state index in [9.17, 15) is 14.4 Å². The number of carboxylic acid groups (broad SMARTS) is 1. The van der Waals surface area contributed by atoms with Crippen LogP contribution in [0.25, 0.3) is 0 Å². The molecule has 0 aromatic heterocycles. The summed E-state index contributed by atoms with van der Waals surface area (Å²) in [5.74, 6) is -0.853. The largest absolute Gasteiger partial charge is 0.465 e. The van der Waals surface area contributed by atoms with E-state index in [1.165, 1.54) is 4.90 Å². The minimum Gasteiger partial charge on any atom is -0.465 e. The van der Waals surface area contributed by atoms with Gasteiger partial charge in [0.15, 0.2) is 0 Å². The number of likely N-dealkylation sites (N-methyl/N-ethyl adjacent to an activating group) is 1. The first-order chi connectivity index (χ1) is 11.4. The van der Waals surface area contributed by atoms with Crippen molar-refractivity contribution in [2.75, 3.05) is 13.6 Å². The van der Waals surface area contributed by atoms with Crippen molar-refractivity contribution >= 4 is 17.9 Å². The van der Waals surface area contributed by atoms with Gasteiger partial charge in [0.05, 0.1) is 0 Å². The first-order valence-electron chi connectivity index (χ1n) is 7.61. The molecular formula is C17H23N3O4. The highest BCUT2D eigenvalue weighted by atomic mass is 16.4. The maximum Gasteiger partial charge on any atom is 0.405 e. The molecule has 24 heavy (non-hydrogen) atoms. The van der Waals surface area contributed by atoms with E-state index < -0.39 is 24.1 Å². The number of nitrogens with one attached hydrogen (secondary N) is 2. The average Bonchev–Trinajstić information content (AvgIpc) is 2.57. The van der Waals surface area contributed by atoms with Gasteiger partial charge in [0.25, 0.3) is 0 Å². The molecule has 0 heterocycles. The number of nitrogens with zero attached hydrogens (tertiary/aromatic N) is 1. The van der Waals surface area contributed by atoms with Crippen LogP contribution in [0.3, 0.4) is 0 Å². The number of amides is 3. The van der Waals surface area contributed by atoms with Gasteiger partial charge in [-0.2, -0.15) is 0 Å². The predicted octanol–water partition coefficient (Wildman–Crippen LogP) is 1.53. The average molecular weight is 333 g/mol. The molecule has 3 amide bonds. The van der Waals surface area contributed by atoms with E-state index in [-0.39, 0.29) is 12.3 Å². The van der Waals surface area contributed by atoms with Gasteiger partial charge < -0.3 is 20.6 Å². The molecule has 7 nitrogen and oxygen atoms in total. The second-order valence-electron chi connectivity index (χ2n) is 5.27. The highest BCUT2D eigenvalue weighted by Gasteiger charge is 2.28. The summed E-state index contributed by atoms with van der Waals surface area (Å²) in [6.07, 6.45) is 0.572. The maximum atomic E-state index is 12.6. The van der Waals surface area contributed by atoms with Crippen LogP contribution in [0.5, 0.6) is 0 Å². The molecule has 0 bridgehead atoms. The predicted molar refractivity (Wildman–Crippen MR) is 90.4 cm³/mol. The lowest BCUT2D eigenvalue weighted by Crippen LogP contribution is -2.50. The van der Waals surface area contributed by atoms with Gasteiger partial charge >= 0.3 is 6.09 Å². The Morgan fingerprint density at radius 2 is 1.88 bits per heavy atom. The monoisotopic (exact) mass is 333 g/mol. The lowest BCUT2D eigenvalue weighted by molar-refractivity contribution is -0.135. The molecule has 0 fully saturated rings. The van der Waals surface area contributed by atoms with Crippen LogP contribution >= 0.6 is 0 Å². The third-order valence-electron chi connectivity index (χ3n) is 3.47. The molecule has 0 spiro atoms. The summed E-state index contributed by atoms with van der Waals surface area (Å²) in [6, 6.07) is 6.98. The normalized spacial score (nSPS) is 12.6. The second-order valence-corrected chi connectivity index (χ2v) is 5.27. The van der Waals surface area contributed by atoms with E-state index in [0.717, 1.165) is 0 Å². The van der Waals surface area contributed by atoms with Gasteiger partial charge in [-0.15, -0.1) is 6.58 Å². The molecule has 0 aliphatic heterocycles. The van der Waals surface area contributed by atoms with Gasteiger partial charge in [-0.3, -0.25) is 9.59 Å². The van der Waals surface area contributed by atoms with Crippen LogP contribution in [0.2, 0.25) is 0 Å². The topological polar surface area (TPSA) is 98.7 Å². The van der Waals surface area contributed by atoms with E-state index in [2.05, 4.69) is 17.2 Å². The Morgan fingerprint density at radius 3 is 2.38 bits per heavy atom. The molecule has 0 radical (unpaired) electrons. The van der Waals surface area contributed by atoms with Crippen LogP contribution in [0.15, 0.2) is 43.0 Å². The summed E-state index contributed by atoms with van der Waals surface area (Å²) in [5, 5.41) is 13.6. The van der Waals surface area contributed by atoms with Crippen molar-refractivity contribution < 1.29 is 19.5 Å². The highest BCUT2D eigenvalue weighted by molar-refractivity contribution is 5.91. The number of carbonyl (C=O) groups excluding carboxylic acids is 2. The molecule has 2 unspecified atom stereocenters. The zero-order valence-corrected chi connectivity index (χ0v) is 13.9. The summed E-state index contributed by atoms with van der Waals surface area (Å²) >= 11 is 0. The Bertz CT molecular complexity index is 589. The third kappa shape index (κ3) is 5.42. The van der Waals surface area contributed by atoms with Gasteiger partial charge in [0.1, 0.15) is 12.1 Å². The zero-order chi connectivity index (χ0) is 18.1. The van der Waals surface area contributed by atoms with Gasteiger partial charge in [-0.05, 0) is 12.0 Å². The van der Waals surface area contributed by atoms with Crippen molar-refractivity contribution in [1.29, 1.82) is 0 Å². The SMILES string of the molecule is C=CCN(C)C(=O)C(NC(=O)C(CC)NC(=O)O)c1ccccc1. The van der Waals surface area contributed by atoms with Crippen LogP contribution in [-0.2, 0) is 9.59 Å². The summed E-state index contributed by atoms with van der Waals surface area (Å²) < 4.78 is 0. The number of hydrogen-bond acceptors (Lipinski definition) is 3. The van der Waals surface area contributed by atoms with E-state index >= 15 is 0 Å². The van der Waals surface area contributed by atoms with Gasteiger partial charge in [-0.25, -0.2) is 4.79 Å². The molecule has 0 saturated heterocycles. The van der Waals surface area contributed by atoms with E-state index in [1.807, 2.05) is 0 Å². The Morgan fingerprint density at radius 1 is 1.25 bits per heavy atom. The van der Waals surface area contributed by atoms with Crippen molar-refractivity contribution in [2.24, 2.45) is 0 Å². The first-order valence-corrected chi connectivity index (χ1v) is 7.61. The minimum atomic E-state index is -1.29. The van der Waals surface area contributed by atoms with Gasteiger partial charge in [0.2, 0.25) is 11.8 Å². The molecule has 0 aliphatic carbocycles. The van der Waals surface area contributed by atoms with E-state index in [0.29, 0.717) is 12.1 Å². The Balaban J connectivity index is 3.01. The van der Waals surface area contributed by atoms with Crippen LogP contribution < -0.4 is 10.6 Å². The fourth-order valence-corrected chi connectivity index (χ4v) is 2.18. The lowest BCUT2D eigenvalue weighted by atomic mass is 10.0. The van der Waals surface area contributed by atoms with E-state index in [4.69, 9.17) is 5.11 Å². The summed E-state index contributed by atoms with van der Waals surface area (Å²) in [7, 11) is 1.61. The molecule has 1 aromatic carbocycles. The standard InChI is InChI=1S/C17H23N3O4/c1-4-11-20(3)16(22)14(12-9-7-6-8-10-12)19-15(21)13(5-2)18-17(23)24/h4,6-10,13-14,18H,1,5,11H2,2-3H3,(H,19,21)(H,23,24). The molecular weight excluding hydrogens is 310 g/mol. The number of benzene rings is 1. The van der Waals surface area contributed by atoms with Crippen LogP contribution in [0.4, 0.5) is 4.79 Å². The molecule has 2 atom stereocenters. The lowest BCUT2D eigenvalue weighted by Gasteiger charge is -2.26. The van der Waals surface area contributed by atoms with Crippen molar-refractivity contribution in [3.63, 3.8) is 0 Å². The van der Waals surface area contributed by atoms with Crippen LogP contribution in [0.1, 0.15) is 24.9 Å². The van der Waals surface area contributed by atoms with E-state index in [1.54, 1.807) is 50.4 Å². The Hall–Kier alpha value is -2.83. The molecule has 7 heteroatoms. The minimum absolute atomic E-state index is 0.274. The van der Waals surface area contributed by atoms with Gasteiger partial charge in [-0.1, -0.05) is 43.3 Å². The summed E-state index contributed by atoms with van der Waals surface area (Å²) in [4.78, 5) is 37.2. The number of rotatable bonds is 8. The molecule has 1 rings (SSSR count). The van der Waals surface area contributed by atoms with Crippen molar-refractivity contribution in [3.05, 3.63) is 48.6 Å². The highest BCUT2D eigenvalue weighted by Crippen LogP contribution is 2.16. The first kappa shape index (κ1) is 19.2. The van der Waals surface area contributed by atoms with Gasteiger partial charge in [0, 0.05) is 13.6 Å². The molecule has 1 aromatic rings. The fraction of sp³-hybridized carbons (Fsp3) is 0.353. The molecule has 130 valence electrons. The Labute approximate surface area is 141 Å². The second kappa shape index (κ2) is 9.34. The fourth-order valence-electron chi connectivity index (χ4n) is 2.18. The summed E-state index contributed by atoms with van der Waals surface area (Å²) in [6.45, 7) is 5.61. The molecule has 3 N–H and O–H groups in total. The van der Waals surface area contributed by atoms with Crippen LogP contribution in [-0.4, -0.2) is 47.5 Å².